The molecule has 92 valence electrons. The third-order valence-electron chi connectivity index (χ3n) is 2.77. The highest BCUT2D eigenvalue weighted by Crippen LogP contribution is 2.21. The molecule has 0 saturated heterocycles. The molecule has 0 atom stereocenters. The van der Waals surface area contributed by atoms with E-state index in [1.165, 1.54) is 13.1 Å². The van der Waals surface area contributed by atoms with Gasteiger partial charge in [0.1, 0.15) is 0 Å². The molecule has 18 heavy (non-hydrogen) atoms. The van der Waals surface area contributed by atoms with Gasteiger partial charge in [0.15, 0.2) is 0 Å². The predicted octanol–water partition coefficient (Wildman–Crippen LogP) is 2.28. The van der Waals surface area contributed by atoms with Crippen LogP contribution in [0.15, 0.2) is 41.6 Å². The van der Waals surface area contributed by atoms with E-state index in [1.807, 2.05) is 36.4 Å². The molecular formula is C14H14N2O2. The van der Waals surface area contributed by atoms with Gasteiger partial charge < -0.3 is 10.5 Å². The lowest BCUT2D eigenvalue weighted by atomic mass is 10.00. The largest absolute Gasteiger partial charge is 0.411 e. The van der Waals surface area contributed by atoms with Crippen LogP contribution in [0.2, 0.25) is 0 Å². The first-order chi connectivity index (χ1) is 8.72. The smallest absolute Gasteiger partial charge is 0.217 e. The molecule has 0 radical (unpaired) electrons. The van der Waals surface area contributed by atoms with Gasteiger partial charge in [0, 0.05) is 19.0 Å². The Labute approximate surface area is 105 Å². The van der Waals surface area contributed by atoms with E-state index in [0.29, 0.717) is 6.54 Å². The van der Waals surface area contributed by atoms with E-state index in [-0.39, 0.29) is 5.91 Å². The maximum atomic E-state index is 11.0. The maximum Gasteiger partial charge on any atom is 0.217 e. The lowest BCUT2D eigenvalue weighted by Gasteiger charge is -2.09. The Hall–Kier alpha value is -2.36. The fraction of sp³-hybridized carbons (Fsp3) is 0.143. The number of rotatable bonds is 3. The SMILES string of the molecule is CC(=O)NCc1ccc(C=NO)c2ccccc12. The van der Waals surface area contributed by atoms with E-state index in [0.717, 1.165) is 21.9 Å². The summed E-state index contributed by atoms with van der Waals surface area (Å²) in [6, 6.07) is 11.6. The highest BCUT2D eigenvalue weighted by atomic mass is 16.4. The molecule has 4 nitrogen and oxygen atoms in total. The van der Waals surface area contributed by atoms with Crippen LogP contribution in [0.4, 0.5) is 0 Å². The molecule has 0 saturated carbocycles. The zero-order valence-corrected chi connectivity index (χ0v) is 10.1. The first-order valence-electron chi connectivity index (χ1n) is 5.65. The van der Waals surface area contributed by atoms with Crippen LogP contribution in [0, 0.1) is 0 Å². The molecule has 0 aliphatic carbocycles. The molecular weight excluding hydrogens is 228 g/mol. The van der Waals surface area contributed by atoms with Gasteiger partial charge in [0.05, 0.1) is 6.21 Å². The summed E-state index contributed by atoms with van der Waals surface area (Å²) in [5.41, 5.74) is 1.88. The van der Waals surface area contributed by atoms with E-state index < -0.39 is 0 Å². The summed E-state index contributed by atoms with van der Waals surface area (Å²) in [4.78, 5) is 11.0. The van der Waals surface area contributed by atoms with Crippen molar-refractivity contribution in [3.63, 3.8) is 0 Å². The number of carbonyl (C=O) groups excluding carboxylic acids is 1. The number of oxime groups is 1. The Morgan fingerprint density at radius 1 is 1.28 bits per heavy atom. The Morgan fingerprint density at radius 3 is 2.67 bits per heavy atom. The van der Waals surface area contributed by atoms with Crippen molar-refractivity contribution in [2.24, 2.45) is 5.16 Å². The number of nitrogens with zero attached hydrogens (tertiary/aromatic N) is 1. The number of hydrogen-bond donors (Lipinski definition) is 2. The zero-order chi connectivity index (χ0) is 13.0. The molecule has 2 aromatic rings. The van der Waals surface area contributed by atoms with Crippen molar-refractivity contribution in [1.29, 1.82) is 0 Å². The monoisotopic (exact) mass is 242 g/mol. The fourth-order valence-electron chi connectivity index (χ4n) is 1.93. The summed E-state index contributed by atoms with van der Waals surface area (Å²) >= 11 is 0. The minimum Gasteiger partial charge on any atom is -0.411 e. The Kier molecular flexibility index (Phi) is 3.57. The molecule has 0 aromatic heterocycles. The van der Waals surface area contributed by atoms with Crippen molar-refractivity contribution in [3.05, 3.63) is 47.5 Å². The second-order valence-electron chi connectivity index (χ2n) is 4.01. The summed E-state index contributed by atoms with van der Waals surface area (Å²) in [6.45, 7) is 1.99. The molecule has 0 unspecified atom stereocenters. The Balaban J connectivity index is 2.50. The van der Waals surface area contributed by atoms with Gasteiger partial charge in [-0.3, -0.25) is 4.79 Å². The van der Waals surface area contributed by atoms with Crippen LogP contribution in [0.3, 0.4) is 0 Å². The molecule has 0 aliphatic heterocycles. The molecule has 2 rings (SSSR count). The van der Waals surface area contributed by atoms with Crippen molar-refractivity contribution in [2.75, 3.05) is 0 Å². The van der Waals surface area contributed by atoms with Crippen LogP contribution in [0.25, 0.3) is 10.8 Å². The first-order valence-corrected chi connectivity index (χ1v) is 5.65. The summed E-state index contributed by atoms with van der Waals surface area (Å²) in [6.07, 6.45) is 1.41. The van der Waals surface area contributed by atoms with Gasteiger partial charge >= 0.3 is 0 Å². The highest BCUT2D eigenvalue weighted by Gasteiger charge is 2.04. The summed E-state index contributed by atoms with van der Waals surface area (Å²) in [5, 5.41) is 16.5. The number of hydrogen-bond acceptors (Lipinski definition) is 3. The van der Waals surface area contributed by atoms with E-state index >= 15 is 0 Å². The van der Waals surface area contributed by atoms with Crippen molar-refractivity contribution in [2.45, 2.75) is 13.5 Å². The summed E-state index contributed by atoms with van der Waals surface area (Å²) in [7, 11) is 0. The maximum absolute atomic E-state index is 11.0. The Morgan fingerprint density at radius 2 is 2.00 bits per heavy atom. The minimum atomic E-state index is -0.0555. The fourth-order valence-corrected chi connectivity index (χ4v) is 1.93. The van der Waals surface area contributed by atoms with Gasteiger partial charge in [0.25, 0.3) is 0 Å². The predicted molar refractivity (Wildman–Crippen MR) is 70.8 cm³/mol. The van der Waals surface area contributed by atoms with E-state index in [2.05, 4.69) is 10.5 Å². The van der Waals surface area contributed by atoms with E-state index in [9.17, 15) is 4.79 Å². The lowest BCUT2D eigenvalue weighted by molar-refractivity contribution is -0.119. The molecule has 0 aliphatic rings. The normalized spacial score (nSPS) is 10.9. The van der Waals surface area contributed by atoms with Crippen molar-refractivity contribution in [3.8, 4) is 0 Å². The molecule has 2 aromatic carbocycles. The lowest BCUT2D eigenvalue weighted by Crippen LogP contribution is -2.19. The zero-order valence-electron chi connectivity index (χ0n) is 10.1. The number of benzene rings is 2. The molecule has 1 amide bonds. The third-order valence-corrected chi connectivity index (χ3v) is 2.77. The standard InChI is InChI=1S/C14H14N2O2/c1-10(17)15-8-11-6-7-12(9-16-18)14-5-3-2-4-13(11)14/h2-7,9,18H,8H2,1H3,(H,15,17). The number of carbonyl (C=O) groups is 1. The number of nitrogens with one attached hydrogen (secondary N) is 1. The summed E-state index contributed by atoms with van der Waals surface area (Å²) in [5.74, 6) is -0.0555. The van der Waals surface area contributed by atoms with Gasteiger partial charge in [0.2, 0.25) is 5.91 Å². The Bertz CT molecular complexity index is 606. The van der Waals surface area contributed by atoms with Crippen molar-refractivity contribution >= 4 is 22.9 Å². The quantitative estimate of drug-likeness (QED) is 0.493. The topological polar surface area (TPSA) is 61.7 Å². The van der Waals surface area contributed by atoms with Crippen LogP contribution < -0.4 is 5.32 Å². The molecule has 0 spiro atoms. The van der Waals surface area contributed by atoms with E-state index in [4.69, 9.17) is 5.21 Å². The average Bonchev–Trinajstić information content (AvgIpc) is 2.38. The second kappa shape index (κ2) is 5.31. The van der Waals surface area contributed by atoms with Gasteiger partial charge in [-0.2, -0.15) is 0 Å². The van der Waals surface area contributed by atoms with Crippen LogP contribution in [0.1, 0.15) is 18.1 Å². The van der Waals surface area contributed by atoms with E-state index in [1.54, 1.807) is 0 Å². The number of amides is 1. The molecule has 4 heteroatoms. The average molecular weight is 242 g/mol. The van der Waals surface area contributed by atoms with Crippen molar-refractivity contribution < 1.29 is 10.0 Å². The van der Waals surface area contributed by atoms with Crippen LogP contribution in [0.5, 0.6) is 0 Å². The summed E-state index contributed by atoms with van der Waals surface area (Å²) < 4.78 is 0. The van der Waals surface area contributed by atoms with Gasteiger partial charge in [-0.05, 0) is 16.3 Å². The third kappa shape index (κ3) is 2.48. The van der Waals surface area contributed by atoms with Crippen molar-refractivity contribution in [1.82, 2.24) is 5.32 Å². The van der Waals surface area contributed by atoms with Crippen LogP contribution in [-0.4, -0.2) is 17.3 Å². The van der Waals surface area contributed by atoms with Crippen LogP contribution >= 0.6 is 0 Å². The highest BCUT2D eigenvalue weighted by molar-refractivity contribution is 6.01. The molecule has 0 fully saturated rings. The first kappa shape index (κ1) is 12.1. The minimum absolute atomic E-state index is 0.0555. The van der Waals surface area contributed by atoms with Gasteiger partial charge in [-0.1, -0.05) is 41.6 Å². The number of fused-ring (bicyclic) bond motifs is 1. The second-order valence-corrected chi connectivity index (χ2v) is 4.01. The van der Waals surface area contributed by atoms with Gasteiger partial charge in [-0.15, -0.1) is 0 Å². The molecule has 2 N–H and O–H groups in total. The van der Waals surface area contributed by atoms with Gasteiger partial charge in [-0.25, -0.2) is 0 Å². The van der Waals surface area contributed by atoms with Crippen LogP contribution in [-0.2, 0) is 11.3 Å². The molecule has 0 heterocycles. The molecule has 0 bridgehead atoms.